The number of hydrogen-bond acceptors (Lipinski definition) is 4. The first kappa shape index (κ1) is 12.8. The number of carbonyl (C=O) groups excluding carboxylic acids is 2. The van der Waals surface area contributed by atoms with E-state index in [0.29, 0.717) is 25.4 Å². The van der Waals surface area contributed by atoms with Crippen LogP contribution in [0.3, 0.4) is 0 Å². The van der Waals surface area contributed by atoms with E-state index in [4.69, 9.17) is 9.47 Å². The number of amides is 1. The molecule has 5 nitrogen and oxygen atoms in total. The minimum absolute atomic E-state index is 0.317. The number of hydrogen-bond donors (Lipinski definition) is 0. The molecule has 1 aliphatic rings. The molecule has 0 aromatic carbocycles. The van der Waals surface area contributed by atoms with Crippen LogP contribution in [0, 0.1) is 5.92 Å². The van der Waals surface area contributed by atoms with Gasteiger partial charge in [0.2, 0.25) is 0 Å². The van der Waals surface area contributed by atoms with E-state index in [1.165, 1.54) is 4.90 Å². The first-order valence-electron chi connectivity index (χ1n) is 5.42. The fourth-order valence-corrected chi connectivity index (χ4v) is 1.71. The molecule has 1 aliphatic heterocycles. The fraction of sp³-hybridized carbons (Fsp3) is 0.818. The van der Waals surface area contributed by atoms with Gasteiger partial charge in [-0.15, -0.1) is 0 Å². The largest absolute Gasteiger partial charge is 0.444 e. The summed E-state index contributed by atoms with van der Waals surface area (Å²) in [4.78, 5) is 23.6. The third kappa shape index (κ3) is 3.40. The van der Waals surface area contributed by atoms with Gasteiger partial charge in [0.1, 0.15) is 5.60 Å². The highest BCUT2D eigenvalue weighted by atomic mass is 16.6. The van der Waals surface area contributed by atoms with E-state index in [9.17, 15) is 9.59 Å². The molecule has 1 unspecified atom stereocenters. The quantitative estimate of drug-likeness (QED) is 0.677. The lowest BCUT2D eigenvalue weighted by Crippen LogP contribution is -2.41. The summed E-state index contributed by atoms with van der Waals surface area (Å²) in [7, 11) is 0. The van der Waals surface area contributed by atoms with Crippen LogP contribution in [0.2, 0.25) is 0 Å². The van der Waals surface area contributed by atoms with E-state index in [1.807, 2.05) is 6.92 Å². The molecule has 2 atom stereocenters. The highest BCUT2D eigenvalue weighted by molar-refractivity contribution is 5.69. The van der Waals surface area contributed by atoms with Gasteiger partial charge in [-0.2, -0.15) is 0 Å². The summed E-state index contributed by atoms with van der Waals surface area (Å²) >= 11 is 0. The maximum Gasteiger partial charge on any atom is 0.413 e. The molecule has 0 radical (unpaired) electrons. The number of nitrogens with zero attached hydrogens (tertiary/aromatic N) is 1. The summed E-state index contributed by atoms with van der Waals surface area (Å²) in [6, 6.07) is 0. The number of likely N-dealkylation sites (tertiary alicyclic amines) is 1. The van der Waals surface area contributed by atoms with Crippen LogP contribution in [-0.2, 0) is 14.3 Å². The predicted molar refractivity (Wildman–Crippen MR) is 57.7 cm³/mol. The highest BCUT2D eigenvalue weighted by Gasteiger charge is 2.36. The van der Waals surface area contributed by atoms with Crippen molar-refractivity contribution in [1.29, 1.82) is 0 Å². The molecule has 1 fully saturated rings. The summed E-state index contributed by atoms with van der Waals surface area (Å²) in [5.74, 6) is 0.317. The highest BCUT2D eigenvalue weighted by Crippen LogP contribution is 2.25. The zero-order valence-corrected chi connectivity index (χ0v) is 10.2. The third-order valence-electron chi connectivity index (χ3n) is 2.30. The first-order chi connectivity index (χ1) is 7.33. The normalized spacial score (nSPS) is 25.4. The van der Waals surface area contributed by atoms with Crippen molar-refractivity contribution in [3.63, 3.8) is 0 Å². The topological polar surface area (TPSA) is 55.8 Å². The van der Waals surface area contributed by atoms with Crippen molar-refractivity contribution < 1.29 is 19.1 Å². The van der Waals surface area contributed by atoms with Gasteiger partial charge in [-0.25, -0.2) is 4.79 Å². The Morgan fingerprint density at radius 1 is 1.44 bits per heavy atom. The van der Waals surface area contributed by atoms with Gasteiger partial charge in [-0.05, 0) is 26.7 Å². The average Bonchev–Trinajstić information content (AvgIpc) is 2.44. The maximum absolute atomic E-state index is 11.8. The zero-order chi connectivity index (χ0) is 12.3. The molecule has 16 heavy (non-hydrogen) atoms. The Morgan fingerprint density at radius 2 is 2.06 bits per heavy atom. The lowest BCUT2D eigenvalue weighted by Gasteiger charge is -2.27. The van der Waals surface area contributed by atoms with Crippen LogP contribution in [0.4, 0.5) is 4.79 Å². The number of ether oxygens (including phenoxy) is 2. The number of rotatable bonds is 2. The molecule has 0 N–H and O–H groups in total. The van der Waals surface area contributed by atoms with Gasteiger partial charge in [0.25, 0.3) is 6.47 Å². The molecule has 1 rings (SSSR count). The molecule has 0 bridgehead atoms. The van der Waals surface area contributed by atoms with Crippen LogP contribution < -0.4 is 0 Å². The molecule has 0 spiro atoms. The summed E-state index contributed by atoms with van der Waals surface area (Å²) in [6.45, 7) is 8.36. The van der Waals surface area contributed by atoms with Crippen molar-refractivity contribution in [2.45, 2.75) is 45.9 Å². The van der Waals surface area contributed by atoms with Crippen LogP contribution >= 0.6 is 0 Å². The molecule has 1 amide bonds. The molecule has 92 valence electrons. The molecule has 0 aromatic rings. The standard InChI is InChI=1S/C11H19NO4/c1-8-5-9(15-7-13)12(6-8)10(14)16-11(2,3)4/h7-9H,5-6H2,1-4H3/t8?,9-/m0/s1. The second-order valence-electron chi connectivity index (χ2n) is 5.16. The van der Waals surface area contributed by atoms with E-state index in [0.717, 1.165) is 0 Å². The Kier molecular flexibility index (Phi) is 3.78. The Balaban J connectivity index is 2.63. The molecule has 0 aromatic heterocycles. The van der Waals surface area contributed by atoms with E-state index >= 15 is 0 Å². The third-order valence-corrected chi connectivity index (χ3v) is 2.30. The van der Waals surface area contributed by atoms with Crippen molar-refractivity contribution in [3.8, 4) is 0 Å². The van der Waals surface area contributed by atoms with Crippen molar-refractivity contribution in [2.24, 2.45) is 5.92 Å². The summed E-state index contributed by atoms with van der Waals surface area (Å²) in [5, 5.41) is 0. The van der Waals surface area contributed by atoms with E-state index in [-0.39, 0.29) is 0 Å². The van der Waals surface area contributed by atoms with Gasteiger partial charge in [0.15, 0.2) is 6.23 Å². The monoisotopic (exact) mass is 229 g/mol. The second-order valence-corrected chi connectivity index (χ2v) is 5.16. The summed E-state index contributed by atoms with van der Waals surface area (Å²) in [6.07, 6.45) is -0.246. The smallest absolute Gasteiger partial charge is 0.413 e. The lowest BCUT2D eigenvalue weighted by atomic mass is 10.1. The molecular weight excluding hydrogens is 210 g/mol. The molecule has 1 saturated heterocycles. The van der Waals surface area contributed by atoms with Gasteiger partial charge < -0.3 is 9.47 Å². The van der Waals surface area contributed by atoms with Crippen molar-refractivity contribution in [2.75, 3.05) is 6.54 Å². The van der Waals surface area contributed by atoms with Crippen molar-refractivity contribution in [3.05, 3.63) is 0 Å². The lowest BCUT2D eigenvalue weighted by molar-refractivity contribution is -0.139. The molecule has 1 heterocycles. The van der Waals surface area contributed by atoms with E-state index < -0.39 is 17.9 Å². The zero-order valence-electron chi connectivity index (χ0n) is 10.2. The predicted octanol–water partition coefficient (Wildman–Crippen LogP) is 1.76. The molecule has 5 heteroatoms. The van der Waals surface area contributed by atoms with Gasteiger partial charge in [-0.3, -0.25) is 9.69 Å². The Hall–Kier alpha value is -1.26. The second kappa shape index (κ2) is 4.72. The summed E-state index contributed by atoms with van der Waals surface area (Å²) in [5.41, 5.74) is -0.533. The minimum atomic E-state index is -0.533. The van der Waals surface area contributed by atoms with Gasteiger partial charge in [-0.1, -0.05) is 6.92 Å². The summed E-state index contributed by atoms with van der Waals surface area (Å²) < 4.78 is 10.1. The van der Waals surface area contributed by atoms with Crippen LogP contribution in [0.25, 0.3) is 0 Å². The van der Waals surface area contributed by atoms with Crippen molar-refractivity contribution >= 4 is 12.6 Å². The average molecular weight is 229 g/mol. The van der Waals surface area contributed by atoms with Gasteiger partial charge >= 0.3 is 6.09 Å². The first-order valence-corrected chi connectivity index (χ1v) is 5.42. The maximum atomic E-state index is 11.8. The van der Waals surface area contributed by atoms with Gasteiger partial charge in [0, 0.05) is 13.0 Å². The Morgan fingerprint density at radius 3 is 2.56 bits per heavy atom. The SMILES string of the molecule is CC1C[C@H](OC=O)N(C(=O)OC(C)(C)C)C1. The molecule has 0 saturated carbocycles. The molecular formula is C11H19NO4. The minimum Gasteiger partial charge on any atom is -0.444 e. The van der Waals surface area contributed by atoms with Crippen LogP contribution in [0.15, 0.2) is 0 Å². The van der Waals surface area contributed by atoms with Gasteiger partial charge in [0.05, 0.1) is 0 Å². The number of carbonyl (C=O) groups is 2. The Bertz CT molecular complexity index is 272. The Labute approximate surface area is 95.7 Å². The van der Waals surface area contributed by atoms with Crippen molar-refractivity contribution in [1.82, 2.24) is 4.90 Å². The van der Waals surface area contributed by atoms with Crippen LogP contribution in [0.5, 0.6) is 0 Å². The molecule has 0 aliphatic carbocycles. The van der Waals surface area contributed by atoms with Crippen LogP contribution in [0.1, 0.15) is 34.1 Å². The van der Waals surface area contributed by atoms with Crippen LogP contribution in [-0.4, -0.2) is 35.8 Å². The fourth-order valence-electron chi connectivity index (χ4n) is 1.71. The van der Waals surface area contributed by atoms with E-state index in [2.05, 4.69) is 0 Å². The van der Waals surface area contributed by atoms with E-state index in [1.54, 1.807) is 20.8 Å².